The molecule has 0 radical (unpaired) electrons. The average molecular weight is 235 g/mol. The van der Waals surface area contributed by atoms with Gasteiger partial charge in [0.05, 0.1) is 17.9 Å². The molecule has 1 aromatic heterocycles. The third-order valence-electron chi connectivity index (χ3n) is 3.02. The molecule has 1 aromatic rings. The largest absolute Gasteiger partial charge is 0.375 e. The molecule has 5 nitrogen and oxygen atoms in total. The van der Waals surface area contributed by atoms with Crippen molar-refractivity contribution in [3.8, 4) is 0 Å². The number of carbonyl (C=O) groups is 1. The van der Waals surface area contributed by atoms with E-state index < -0.39 is 0 Å². The summed E-state index contributed by atoms with van der Waals surface area (Å²) in [5.74, 6) is 0.0304. The van der Waals surface area contributed by atoms with Crippen molar-refractivity contribution in [1.29, 1.82) is 0 Å². The minimum Gasteiger partial charge on any atom is -0.375 e. The van der Waals surface area contributed by atoms with E-state index in [1.165, 1.54) is 0 Å². The lowest BCUT2D eigenvalue weighted by molar-refractivity contribution is -0.139. The molecule has 0 saturated carbocycles. The second kappa shape index (κ2) is 5.72. The van der Waals surface area contributed by atoms with Gasteiger partial charge in [-0.05, 0) is 19.3 Å². The fourth-order valence-electron chi connectivity index (χ4n) is 2.23. The lowest BCUT2D eigenvalue weighted by Crippen LogP contribution is -2.40. The Morgan fingerprint density at radius 1 is 1.53 bits per heavy atom. The van der Waals surface area contributed by atoms with Crippen molar-refractivity contribution in [1.82, 2.24) is 14.9 Å². The zero-order chi connectivity index (χ0) is 12.1. The number of rotatable bonds is 3. The highest BCUT2D eigenvalue weighted by atomic mass is 16.5. The van der Waals surface area contributed by atoms with Crippen LogP contribution < -0.4 is 0 Å². The van der Waals surface area contributed by atoms with Crippen LogP contribution in [-0.2, 0) is 9.53 Å². The summed E-state index contributed by atoms with van der Waals surface area (Å²) < 4.78 is 4.91. The van der Waals surface area contributed by atoms with Crippen LogP contribution in [0.2, 0.25) is 0 Å². The predicted molar refractivity (Wildman–Crippen MR) is 62.2 cm³/mol. The summed E-state index contributed by atoms with van der Waals surface area (Å²) in [4.78, 5) is 22.2. The third-order valence-corrected chi connectivity index (χ3v) is 3.02. The number of amides is 1. The number of hydrogen-bond acceptors (Lipinski definition) is 4. The van der Waals surface area contributed by atoms with Crippen LogP contribution in [0.15, 0.2) is 18.6 Å². The average Bonchev–Trinajstić information content (AvgIpc) is 2.40. The number of nitrogens with zero attached hydrogens (tertiary/aromatic N) is 3. The first-order valence-electron chi connectivity index (χ1n) is 5.87. The minimum atomic E-state index is 0.0304. The van der Waals surface area contributed by atoms with Crippen molar-refractivity contribution >= 4 is 5.91 Å². The van der Waals surface area contributed by atoms with Crippen LogP contribution in [0.25, 0.3) is 0 Å². The normalized spacial score (nSPS) is 20.3. The van der Waals surface area contributed by atoms with E-state index in [1.807, 2.05) is 4.90 Å². The van der Waals surface area contributed by atoms with Crippen molar-refractivity contribution in [3.05, 3.63) is 24.3 Å². The lowest BCUT2D eigenvalue weighted by atomic mass is 9.99. The molecule has 2 heterocycles. The van der Waals surface area contributed by atoms with Gasteiger partial charge in [0.1, 0.15) is 6.61 Å². The van der Waals surface area contributed by atoms with Crippen LogP contribution in [0.1, 0.15) is 31.0 Å². The zero-order valence-corrected chi connectivity index (χ0v) is 10.0. The van der Waals surface area contributed by atoms with Gasteiger partial charge in [0.2, 0.25) is 5.91 Å². The van der Waals surface area contributed by atoms with Crippen LogP contribution in [-0.4, -0.2) is 41.0 Å². The molecule has 0 bridgehead atoms. The number of ether oxygens (including phenoxy) is 1. The molecular weight excluding hydrogens is 218 g/mol. The fourth-order valence-corrected chi connectivity index (χ4v) is 2.23. The Hall–Kier alpha value is -1.49. The zero-order valence-electron chi connectivity index (χ0n) is 10.0. The number of piperidine rings is 1. The Balaban J connectivity index is 2.15. The minimum absolute atomic E-state index is 0.0304. The molecule has 92 valence electrons. The van der Waals surface area contributed by atoms with Gasteiger partial charge in [0.15, 0.2) is 0 Å². The van der Waals surface area contributed by atoms with Crippen LogP contribution in [0, 0.1) is 0 Å². The Morgan fingerprint density at radius 3 is 3.12 bits per heavy atom. The number of methoxy groups -OCH3 is 1. The summed E-state index contributed by atoms with van der Waals surface area (Å²) in [6.45, 7) is 0.917. The summed E-state index contributed by atoms with van der Waals surface area (Å²) >= 11 is 0. The number of aromatic nitrogens is 2. The molecule has 0 aliphatic carbocycles. The summed E-state index contributed by atoms with van der Waals surface area (Å²) in [6, 6.07) is 0.0556. The number of hydrogen-bond donors (Lipinski definition) is 0. The van der Waals surface area contributed by atoms with Gasteiger partial charge in [0, 0.05) is 26.0 Å². The number of carbonyl (C=O) groups excluding carboxylic acids is 1. The van der Waals surface area contributed by atoms with Gasteiger partial charge in [-0.2, -0.15) is 0 Å². The molecule has 17 heavy (non-hydrogen) atoms. The van der Waals surface area contributed by atoms with E-state index in [-0.39, 0.29) is 18.6 Å². The smallest absolute Gasteiger partial charge is 0.249 e. The van der Waals surface area contributed by atoms with E-state index in [0.717, 1.165) is 31.5 Å². The third kappa shape index (κ3) is 2.79. The first kappa shape index (κ1) is 12.0. The van der Waals surface area contributed by atoms with Gasteiger partial charge in [-0.3, -0.25) is 14.8 Å². The molecule has 1 fully saturated rings. The number of likely N-dealkylation sites (tertiary alicyclic amines) is 1. The fraction of sp³-hybridized carbons (Fsp3) is 0.583. The molecule has 1 aliphatic heterocycles. The highest BCUT2D eigenvalue weighted by molar-refractivity contribution is 5.78. The summed E-state index contributed by atoms with van der Waals surface area (Å²) in [5.41, 5.74) is 0.872. The van der Waals surface area contributed by atoms with Gasteiger partial charge in [-0.15, -0.1) is 0 Å². The monoisotopic (exact) mass is 235 g/mol. The van der Waals surface area contributed by atoms with Gasteiger partial charge in [-0.25, -0.2) is 0 Å². The Kier molecular flexibility index (Phi) is 4.03. The highest BCUT2D eigenvalue weighted by Gasteiger charge is 2.28. The molecule has 1 saturated heterocycles. The van der Waals surface area contributed by atoms with Crippen molar-refractivity contribution < 1.29 is 9.53 Å². The van der Waals surface area contributed by atoms with Crippen LogP contribution in [0.4, 0.5) is 0 Å². The van der Waals surface area contributed by atoms with Gasteiger partial charge in [0.25, 0.3) is 0 Å². The summed E-state index contributed by atoms with van der Waals surface area (Å²) in [6.07, 6.45) is 8.18. The van der Waals surface area contributed by atoms with Gasteiger partial charge >= 0.3 is 0 Å². The maximum absolute atomic E-state index is 11.9. The van der Waals surface area contributed by atoms with Crippen molar-refractivity contribution in [2.75, 3.05) is 20.3 Å². The molecule has 1 amide bonds. The Labute approximate surface area is 101 Å². The maximum atomic E-state index is 11.9. The predicted octanol–water partition coefficient (Wildman–Crippen LogP) is 1.18. The first-order valence-corrected chi connectivity index (χ1v) is 5.87. The molecule has 0 N–H and O–H groups in total. The van der Waals surface area contributed by atoms with E-state index in [9.17, 15) is 4.79 Å². The molecule has 0 aromatic carbocycles. The summed E-state index contributed by atoms with van der Waals surface area (Å²) in [7, 11) is 1.54. The molecule has 1 unspecified atom stereocenters. The molecule has 2 rings (SSSR count). The molecular formula is C12H17N3O2. The van der Waals surface area contributed by atoms with Crippen molar-refractivity contribution in [2.24, 2.45) is 0 Å². The summed E-state index contributed by atoms with van der Waals surface area (Å²) in [5, 5.41) is 0. The molecule has 5 heteroatoms. The molecule has 1 aliphatic rings. The SMILES string of the molecule is COCC(=O)N1CCCCC1c1cnccn1. The van der Waals surface area contributed by atoms with E-state index in [2.05, 4.69) is 9.97 Å². The van der Waals surface area contributed by atoms with E-state index in [1.54, 1.807) is 25.7 Å². The van der Waals surface area contributed by atoms with Crippen LogP contribution in [0.3, 0.4) is 0 Å². The van der Waals surface area contributed by atoms with Gasteiger partial charge < -0.3 is 9.64 Å². The van der Waals surface area contributed by atoms with Crippen molar-refractivity contribution in [3.63, 3.8) is 0 Å². The Morgan fingerprint density at radius 2 is 2.41 bits per heavy atom. The van der Waals surface area contributed by atoms with Gasteiger partial charge in [-0.1, -0.05) is 0 Å². The van der Waals surface area contributed by atoms with E-state index in [0.29, 0.717) is 0 Å². The van der Waals surface area contributed by atoms with E-state index >= 15 is 0 Å². The van der Waals surface area contributed by atoms with E-state index in [4.69, 9.17) is 4.74 Å². The molecule has 1 atom stereocenters. The second-order valence-electron chi connectivity index (χ2n) is 4.16. The van der Waals surface area contributed by atoms with Crippen LogP contribution >= 0.6 is 0 Å². The second-order valence-corrected chi connectivity index (χ2v) is 4.16. The Bertz CT molecular complexity index is 369. The standard InChI is InChI=1S/C12H17N3O2/c1-17-9-12(16)15-7-3-2-4-11(15)10-8-13-5-6-14-10/h5-6,8,11H,2-4,7,9H2,1H3. The molecule has 0 spiro atoms. The topological polar surface area (TPSA) is 55.3 Å². The lowest BCUT2D eigenvalue weighted by Gasteiger charge is -2.35. The van der Waals surface area contributed by atoms with Crippen LogP contribution in [0.5, 0.6) is 0 Å². The first-order chi connectivity index (χ1) is 8.33. The quantitative estimate of drug-likeness (QED) is 0.789. The van der Waals surface area contributed by atoms with Crippen molar-refractivity contribution in [2.45, 2.75) is 25.3 Å². The maximum Gasteiger partial charge on any atom is 0.249 e. The highest BCUT2D eigenvalue weighted by Crippen LogP contribution is 2.29.